The molecule has 0 spiro atoms. The third-order valence-electron chi connectivity index (χ3n) is 13.2. The molecule has 30 nitrogen and oxygen atoms in total. The summed E-state index contributed by atoms with van der Waals surface area (Å²) in [5.41, 5.74) is 1.00. The first-order valence-electron chi connectivity index (χ1n) is 27.0. The SMILES string of the molecule is CCCCCNS(=O)(=O)c1ccccc1NC(=O)Nc1ncnc2c1ncn2[C@@H]1O[C@H](C(=O)NCC)[C@@H](O)[C@H]1O.CCCCCNS(=O)(=O)c1ccccc1NC(=O)Nc1ncnc2c1ncn2[C@@H]1O[C@H](C(=O)NCC)[C@H]2OC(C)(C)O[C@H]21. The van der Waals surface area contributed by atoms with Crippen LogP contribution >= 0.6 is 0 Å². The molecule has 0 bridgehead atoms. The predicted octanol–water partition coefficient (Wildman–Crippen LogP) is 3.19. The van der Waals surface area contributed by atoms with Crippen LogP contribution < -0.4 is 41.3 Å². The minimum Gasteiger partial charge on any atom is -0.387 e. The molecule has 83 heavy (non-hydrogen) atoms. The molecule has 3 aliphatic heterocycles. The lowest BCUT2D eigenvalue weighted by molar-refractivity contribution is -0.197. The molecule has 3 aliphatic rings. The quantitative estimate of drug-likeness (QED) is 0.0436. The fourth-order valence-corrected chi connectivity index (χ4v) is 11.8. The van der Waals surface area contributed by atoms with Gasteiger partial charge in [-0.2, -0.15) is 0 Å². The van der Waals surface area contributed by atoms with E-state index in [1.807, 2.05) is 20.8 Å². The molecular weight excluding hydrogens is 1120 g/mol. The number of unbranched alkanes of at least 4 members (excludes halogenated alkanes) is 4. The molecule has 3 saturated heterocycles. The average Bonchev–Trinajstić information content (AvgIpc) is 2.42. The Balaban J connectivity index is 0.000000217. The highest BCUT2D eigenvalue weighted by molar-refractivity contribution is 7.90. The molecule has 7 heterocycles. The highest BCUT2D eigenvalue weighted by Gasteiger charge is 2.58. The van der Waals surface area contributed by atoms with Gasteiger partial charge in [-0.05, 0) is 64.8 Å². The van der Waals surface area contributed by atoms with Crippen molar-refractivity contribution in [1.29, 1.82) is 0 Å². The third kappa shape index (κ3) is 14.2. The zero-order valence-corrected chi connectivity index (χ0v) is 47.9. The molecule has 6 aromatic rings. The van der Waals surface area contributed by atoms with Crippen LogP contribution in [-0.4, -0.2) is 159 Å². The Morgan fingerprint density at radius 3 is 1.49 bits per heavy atom. The van der Waals surface area contributed by atoms with Crippen LogP contribution in [-0.2, 0) is 48.6 Å². The smallest absolute Gasteiger partial charge is 0.324 e. The van der Waals surface area contributed by atoms with E-state index in [1.54, 1.807) is 49.6 Å². The molecule has 9 rings (SSSR count). The number of aliphatic hydroxyl groups is 2. The maximum atomic E-state index is 13.0. The summed E-state index contributed by atoms with van der Waals surface area (Å²) in [5.74, 6) is -1.76. The second-order valence-electron chi connectivity index (χ2n) is 19.7. The van der Waals surface area contributed by atoms with E-state index in [0.29, 0.717) is 38.1 Å². The molecule has 10 N–H and O–H groups in total. The van der Waals surface area contributed by atoms with Crippen molar-refractivity contribution in [2.45, 2.75) is 145 Å². The number of carbonyl (C=O) groups is 4. The van der Waals surface area contributed by atoms with Crippen LogP contribution in [0.2, 0.25) is 0 Å². The van der Waals surface area contributed by atoms with E-state index in [1.165, 1.54) is 47.8 Å². The average molecular weight is 1190 g/mol. The summed E-state index contributed by atoms with van der Waals surface area (Å²) in [6.07, 6.45) is 1.75. The Labute approximate surface area is 477 Å². The first kappa shape index (κ1) is 61.7. The first-order valence-corrected chi connectivity index (χ1v) is 30.0. The maximum Gasteiger partial charge on any atom is 0.324 e. The largest absolute Gasteiger partial charge is 0.387 e. The fraction of sp³-hybridized carbons (Fsp3) is 0.490. The van der Waals surface area contributed by atoms with Crippen molar-refractivity contribution >= 4 is 89.3 Å². The number of nitrogens with one attached hydrogen (secondary N) is 8. The van der Waals surface area contributed by atoms with Crippen molar-refractivity contribution in [2.75, 3.05) is 47.4 Å². The molecule has 0 radical (unpaired) electrons. The van der Waals surface area contributed by atoms with Gasteiger partial charge in [0.05, 0.1) is 24.0 Å². The van der Waals surface area contributed by atoms with Crippen LogP contribution in [0.5, 0.6) is 0 Å². The van der Waals surface area contributed by atoms with Gasteiger partial charge < -0.3 is 50.4 Å². The summed E-state index contributed by atoms with van der Waals surface area (Å²) < 4.78 is 83.3. The van der Waals surface area contributed by atoms with Crippen molar-refractivity contribution < 1.29 is 65.2 Å². The van der Waals surface area contributed by atoms with E-state index < -0.39 is 92.9 Å². The number of hydrogen-bond acceptors (Lipinski definition) is 20. The van der Waals surface area contributed by atoms with Gasteiger partial charge in [-0.3, -0.25) is 29.4 Å². The highest BCUT2D eigenvalue weighted by Crippen LogP contribution is 2.44. The van der Waals surface area contributed by atoms with Crippen molar-refractivity contribution in [1.82, 2.24) is 59.1 Å². The lowest BCUT2D eigenvalue weighted by Crippen LogP contribution is -2.42. The van der Waals surface area contributed by atoms with Crippen molar-refractivity contribution in [2.24, 2.45) is 0 Å². The number of para-hydroxylation sites is 2. The number of likely N-dealkylation sites (N-methyl/N-ethyl adjacent to an activating group) is 2. The number of sulfonamides is 2. The Bertz CT molecular complexity index is 3510. The van der Waals surface area contributed by atoms with E-state index in [9.17, 15) is 46.2 Å². The number of fused-ring (bicyclic) bond motifs is 3. The molecule has 0 aliphatic carbocycles. The zero-order valence-electron chi connectivity index (χ0n) is 46.3. The monoisotopic (exact) mass is 1190 g/mol. The molecule has 448 valence electrons. The Kier molecular flexibility index (Phi) is 20.0. The van der Waals surface area contributed by atoms with Gasteiger partial charge in [-0.25, -0.2) is 65.8 Å². The first-order chi connectivity index (χ1) is 39.7. The number of amides is 6. The van der Waals surface area contributed by atoms with Gasteiger partial charge in [-0.1, -0.05) is 63.8 Å². The number of imidazole rings is 2. The van der Waals surface area contributed by atoms with Gasteiger partial charge in [0.25, 0.3) is 11.8 Å². The predicted molar refractivity (Wildman–Crippen MR) is 299 cm³/mol. The summed E-state index contributed by atoms with van der Waals surface area (Å²) in [4.78, 5) is 76.0. The van der Waals surface area contributed by atoms with Gasteiger partial charge in [-0.15, -0.1) is 0 Å². The number of urea groups is 2. The van der Waals surface area contributed by atoms with E-state index in [2.05, 4.69) is 71.2 Å². The van der Waals surface area contributed by atoms with Crippen LogP contribution in [0.25, 0.3) is 22.3 Å². The number of nitrogens with zero attached hydrogens (tertiary/aromatic N) is 8. The number of carbonyl (C=O) groups excluding carboxylic acids is 4. The maximum absolute atomic E-state index is 13.0. The van der Waals surface area contributed by atoms with Crippen LogP contribution in [0.1, 0.15) is 92.5 Å². The van der Waals surface area contributed by atoms with E-state index in [4.69, 9.17) is 18.9 Å². The molecule has 3 fully saturated rings. The number of aromatic nitrogens is 8. The van der Waals surface area contributed by atoms with Gasteiger partial charge in [0.1, 0.15) is 46.9 Å². The van der Waals surface area contributed by atoms with Crippen LogP contribution in [0.3, 0.4) is 0 Å². The molecular formula is C51H68N16O14S2. The zero-order chi connectivity index (χ0) is 59.6. The van der Waals surface area contributed by atoms with Crippen LogP contribution in [0, 0.1) is 0 Å². The molecule has 6 amide bonds. The van der Waals surface area contributed by atoms with Gasteiger partial charge in [0.2, 0.25) is 20.0 Å². The van der Waals surface area contributed by atoms with Crippen LogP contribution in [0.15, 0.2) is 83.6 Å². The summed E-state index contributed by atoms with van der Waals surface area (Å²) >= 11 is 0. The summed E-state index contributed by atoms with van der Waals surface area (Å²) in [5, 5.41) is 36.5. The second kappa shape index (κ2) is 26.9. The lowest BCUT2D eigenvalue weighted by Gasteiger charge is -2.24. The van der Waals surface area contributed by atoms with Gasteiger partial charge in [0.15, 0.2) is 64.4 Å². The van der Waals surface area contributed by atoms with Crippen molar-refractivity contribution in [3.63, 3.8) is 0 Å². The van der Waals surface area contributed by atoms with E-state index in [0.717, 1.165) is 32.0 Å². The highest BCUT2D eigenvalue weighted by atomic mass is 32.2. The molecule has 32 heteroatoms. The topological polar surface area (TPSA) is 397 Å². The molecule has 0 unspecified atom stereocenters. The number of rotatable bonds is 22. The number of hydrogen-bond donors (Lipinski definition) is 10. The summed E-state index contributed by atoms with van der Waals surface area (Å²) in [6, 6.07) is 10.6. The van der Waals surface area contributed by atoms with Crippen molar-refractivity contribution in [3.05, 3.63) is 73.8 Å². The Hall–Kier alpha value is -7.40. The van der Waals surface area contributed by atoms with Gasteiger partial charge >= 0.3 is 12.1 Å². The molecule has 0 saturated carbocycles. The Morgan fingerprint density at radius 2 is 1.01 bits per heavy atom. The standard InChI is InChI=1S/C27H36N8O7S.C24H32N8O7S/c1-5-7-10-13-32-43(38,39)17-12-9-8-11-16(17)33-26(37)34-22-18-23(30-14-29-22)35(15-31-18)25-21-19(41-27(3,4)42-21)20(40-25)24(36)28-6-2;1-3-5-8-11-29-40(37,38)15-10-7-6-9-14(15)30-24(36)31-20-16-21(27-12-26-20)32(13-28-16)23-18(34)17(33)19(39-23)22(35)25-4-2/h8-9,11-12,14-15,19-21,25,32H,5-7,10,13H2,1-4H3,(H,28,36)(H2,29,30,33,34,37);6-7,9-10,12-13,17-19,23,29,33-34H,3-5,8,11H2,1-2H3,(H,25,35)(H2,26,27,30,31,36)/t19-,20+,21-,25-;17-,18+,19-,23+/m10/s1. The van der Waals surface area contributed by atoms with E-state index >= 15 is 0 Å². The third-order valence-corrected chi connectivity index (χ3v) is 16.2. The summed E-state index contributed by atoms with van der Waals surface area (Å²) in [7, 11) is -7.73. The summed E-state index contributed by atoms with van der Waals surface area (Å²) in [6.45, 7) is 12.4. The number of benzene rings is 2. The second-order valence-corrected chi connectivity index (χ2v) is 23.2. The lowest BCUT2D eigenvalue weighted by atomic mass is 10.1. The fourth-order valence-electron chi connectivity index (χ4n) is 9.38. The number of anilines is 4. The Morgan fingerprint density at radius 1 is 0.566 bits per heavy atom. The van der Waals surface area contributed by atoms with E-state index in [-0.39, 0.29) is 61.9 Å². The van der Waals surface area contributed by atoms with Gasteiger partial charge in [0, 0.05) is 26.2 Å². The number of aliphatic hydroxyl groups excluding tert-OH is 2. The van der Waals surface area contributed by atoms with Crippen LogP contribution in [0.4, 0.5) is 32.6 Å². The molecule has 8 atom stereocenters. The minimum absolute atomic E-state index is 0.00686. The molecule has 2 aromatic carbocycles. The van der Waals surface area contributed by atoms with Crippen molar-refractivity contribution in [3.8, 4) is 0 Å². The molecule has 4 aromatic heterocycles. The normalized spacial score (nSPS) is 21.9. The number of ether oxygens (including phenoxy) is 4. The minimum atomic E-state index is -3.88.